The van der Waals surface area contributed by atoms with Crippen LogP contribution in [-0.4, -0.2) is 35.8 Å². The molecule has 5 heteroatoms. The van der Waals surface area contributed by atoms with E-state index < -0.39 is 0 Å². The molecule has 3 heterocycles. The van der Waals surface area contributed by atoms with E-state index >= 15 is 0 Å². The van der Waals surface area contributed by atoms with Crippen molar-refractivity contribution in [1.82, 2.24) is 15.2 Å². The standard InChI is InChI=1S/C18H21N3O2/c1-23-15-5-2-12(3-6-15)13-8-9-21(11-13)18(22)20-17-10-14-4-7-16(17)19-14/h2-3,5-6,8-9,11,14,16-17,19H,4,7,10H2,1H3,(H,20,22). The first kappa shape index (κ1) is 14.3. The number of benzene rings is 1. The molecule has 120 valence electrons. The van der Waals surface area contributed by atoms with Gasteiger partial charge in [-0.05, 0) is 48.6 Å². The quantitative estimate of drug-likeness (QED) is 0.916. The zero-order valence-electron chi connectivity index (χ0n) is 13.2. The normalized spacial score (nSPS) is 25.5. The fourth-order valence-corrected chi connectivity index (χ4v) is 3.69. The molecule has 0 radical (unpaired) electrons. The van der Waals surface area contributed by atoms with Gasteiger partial charge in [0.05, 0.1) is 7.11 Å². The Labute approximate surface area is 135 Å². The molecule has 4 rings (SSSR count). The van der Waals surface area contributed by atoms with Crippen molar-refractivity contribution in [3.05, 3.63) is 42.7 Å². The third-order valence-electron chi connectivity index (χ3n) is 4.96. The molecule has 3 unspecified atom stereocenters. The van der Waals surface area contributed by atoms with Crippen LogP contribution in [0.4, 0.5) is 4.79 Å². The van der Waals surface area contributed by atoms with Gasteiger partial charge >= 0.3 is 6.03 Å². The molecular formula is C18H21N3O2. The van der Waals surface area contributed by atoms with Gasteiger partial charge in [-0.2, -0.15) is 0 Å². The van der Waals surface area contributed by atoms with Crippen molar-refractivity contribution in [3.8, 4) is 16.9 Å². The van der Waals surface area contributed by atoms with Crippen molar-refractivity contribution in [2.24, 2.45) is 0 Å². The number of ether oxygens (including phenoxy) is 1. The molecule has 0 spiro atoms. The number of rotatable bonds is 3. The molecule has 2 aliphatic rings. The highest BCUT2D eigenvalue weighted by molar-refractivity contribution is 5.79. The summed E-state index contributed by atoms with van der Waals surface area (Å²) in [5.74, 6) is 0.828. The number of carbonyl (C=O) groups is 1. The highest BCUT2D eigenvalue weighted by atomic mass is 16.5. The van der Waals surface area contributed by atoms with Gasteiger partial charge in [0.1, 0.15) is 5.75 Å². The molecule has 1 aromatic heterocycles. The number of carbonyl (C=O) groups excluding carboxylic acids is 1. The first-order valence-corrected chi connectivity index (χ1v) is 8.12. The van der Waals surface area contributed by atoms with Gasteiger partial charge < -0.3 is 15.4 Å². The molecule has 2 aromatic rings. The van der Waals surface area contributed by atoms with Crippen LogP contribution < -0.4 is 15.4 Å². The summed E-state index contributed by atoms with van der Waals surface area (Å²) in [6.45, 7) is 0. The smallest absolute Gasteiger partial charge is 0.325 e. The van der Waals surface area contributed by atoms with Gasteiger partial charge in [0, 0.05) is 30.5 Å². The molecule has 2 bridgehead atoms. The van der Waals surface area contributed by atoms with Gasteiger partial charge in [0.25, 0.3) is 0 Å². The van der Waals surface area contributed by atoms with Crippen molar-refractivity contribution < 1.29 is 9.53 Å². The van der Waals surface area contributed by atoms with E-state index in [0.29, 0.717) is 12.1 Å². The largest absolute Gasteiger partial charge is 0.497 e. The summed E-state index contributed by atoms with van der Waals surface area (Å²) >= 11 is 0. The molecule has 1 aromatic carbocycles. The lowest BCUT2D eigenvalue weighted by Crippen LogP contribution is -2.44. The van der Waals surface area contributed by atoms with Crippen LogP contribution in [0.3, 0.4) is 0 Å². The van der Waals surface area contributed by atoms with Gasteiger partial charge in [0.2, 0.25) is 0 Å². The van der Waals surface area contributed by atoms with Gasteiger partial charge in [-0.15, -0.1) is 0 Å². The molecular weight excluding hydrogens is 290 g/mol. The van der Waals surface area contributed by atoms with Gasteiger partial charge in [0.15, 0.2) is 0 Å². The number of hydrogen-bond donors (Lipinski definition) is 2. The maximum Gasteiger partial charge on any atom is 0.325 e. The zero-order valence-corrected chi connectivity index (χ0v) is 13.2. The topological polar surface area (TPSA) is 55.3 Å². The molecule has 3 atom stereocenters. The van der Waals surface area contributed by atoms with Crippen molar-refractivity contribution in [2.75, 3.05) is 7.11 Å². The number of nitrogens with zero attached hydrogens (tertiary/aromatic N) is 1. The molecule has 23 heavy (non-hydrogen) atoms. The van der Waals surface area contributed by atoms with Crippen LogP contribution in [0.2, 0.25) is 0 Å². The van der Waals surface area contributed by atoms with Crippen LogP contribution >= 0.6 is 0 Å². The molecule has 0 aliphatic carbocycles. The van der Waals surface area contributed by atoms with Crippen LogP contribution in [0.25, 0.3) is 11.1 Å². The predicted octanol–water partition coefficient (Wildman–Crippen LogP) is 2.61. The van der Waals surface area contributed by atoms with E-state index in [9.17, 15) is 4.79 Å². The number of aromatic nitrogens is 1. The number of nitrogens with one attached hydrogen (secondary N) is 2. The SMILES string of the molecule is COc1ccc(-c2ccn(C(=O)NC3CC4CCC3N4)c2)cc1. The maximum atomic E-state index is 12.4. The molecule has 5 nitrogen and oxygen atoms in total. The van der Waals surface area contributed by atoms with E-state index in [4.69, 9.17) is 4.74 Å². The van der Waals surface area contributed by atoms with Crippen molar-refractivity contribution in [1.29, 1.82) is 0 Å². The van der Waals surface area contributed by atoms with Gasteiger partial charge in [-0.25, -0.2) is 4.79 Å². The highest BCUT2D eigenvalue weighted by Gasteiger charge is 2.39. The Morgan fingerprint density at radius 3 is 2.70 bits per heavy atom. The first-order valence-electron chi connectivity index (χ1n) is 8.12. The van der Waals surface area contributed by atoms with E-state index in [1.54, 1.807) is 11.7 Å². The number of amides is 1. The van der Waals surface area contributed by atoms with Crippen LogP contribution in [0.15, 0.2) is 42.7 Å². The minimum absolute atomic E-state index is 0.0517. The Hall–Kier alpha value is -2.27. The maximum absolute atomic E-state index is 12.4. The summed E-state index contributed by atoms with van der Waals surface area (Å²) in [4.78, 5) is 12.4. The van der Waals surface area contributed by atoms with Crippen molar-refractivity contribution >= 4 is 6.03 Å². The second kappa shape index (κ2) is 5.74. The average molecular weight is 311 g/mol. The monoisotopic (exact) mass is 311 g/mol. The number of hydrogen-bond acceptors (Lipinski definition) is 3. The second-order valence-corrected chi connectivity index (χ2v) is 6.38. The minimum Gasteiger partial charge on any atom is -0.497 e. The highest BCUT2D eigenvalue weighted by Crippen LogP contribution is 2.28. The summed E-state index contributed by atoms with van der Waals surface area (Å²) < 4.78 is 6.80. The number of methoxy groups -OCH3 is 1. The summed E-state index contributed by atoms with van der Waals surface area (Å²) in [5.41, 5.74) is 2.09. The summed E-state index contributed by atoms with van der Waals surface area (Å²) in [5, 5.41) is 6.69. The lowest BCUT2D eigenvalue weighted by Gasteiger charge is -2.21. The summed E-state index contributed by atoms with van der Waals surface area (Å²) in [7, 11) is 1.65. The molecule has 1 amide bonds. The fourth-order valence-electron chi connectivity index (χ4n) is 3.69. The molecule has 2 fully saturated rings. The molecule has 2 aliphatic heterocycles. The van der Waals surface area contributed by atoms with Crippen LogP contribution in [0.5, 0.6) is 5.75 Å². The van der Waals surface area contributed by atoms with E-state index in [1.165, 1.54) is 12.8 Å². The van der Waals surface area contributed by atoms with Gasteiger partial charge in [-0.1, -0.05) is 12.1 Å². The second-order valence-electron chi connectivity index (χ2n) is 6.38. The molecule has 2 N–H and O–H groups in total. The average Bonchev–Trinajstić information content (AvgIpc) is 3.31. The summed E-state index contributed by atoms with van der Waals surface area (Å²) in [6.07, 6.45) is 7.14. The van der Waals surface area contributed by atoms with Crippen LogP contribution in [0, 0.1) is 0 Å². The summed E-state index contributed by atoms with van der Waals surface area (Å²) in [6, 6.07) is 11.0. The first-order chi connectivity index (χ1) is 11.2. The number of fused-ring (bicyclic) bond motifs is 2. The Bertz CT molecular complexity index is 707. The lowest BCUT2D eigenvalue weighted by atomic mass is 9.96. The van der Waals surface area contributed by atoms with Crippen molar-refractivity contribution in [3.63, 3.8) is 0 Å². The molecule has 2 saturated heterocycles. The third-order valence-corrected chi connectivity index (χ3v) is 4.96. The lowest BCUT2D eigenvalue weighted by molar-refractivity contribution is 0.236. The third kappa shape index (κ3) is 2.72. The Kier molecular flexibility index (Phi) is 3.58. The predicted molar refractivity (Wildman–Crippen MR) is 88.7 cm³/mol. The fraction of sp³-hybridized carbons (Fsp3) is 0.389. The van der Waals surface area contributed by atoms with Crippen LogP contribution in [0.1, 0.15) is 19.3 Å². The zero-order chi connectivity index (χ0) is 15.8. The van der Waals surface area contributed by atoms with Crippen LogP contribution in [-0.2, 0) is 0 Å². The minimum atomic E-state index is -0.0517. The van der Waals surface area contributed by atoms with Crippen molar-refractivity contribution in [2.45, 2.75) is 37.4 Å². The van der Waals surface area contributed by atoms with E-state index in [-0.39, 0.29) is 12.1 Å². The van der Waals surface area contributed by atoms with E-state index in [1.807, 2.05) is 42.7 Å². The van der Waals surface area contributed by atoms with E-state index in [2.05, 4.69) is 10.6 Å². The Morgan fingerprint density at radius 1 is 1.22 bits per heavy atom. The Morgan fingerprint density at radius 2 is 2.04 bits per heavy atom. The molecule has 0 saturated carbocycles. The van der Waals surface area contributed by atoms with E-state index in [0.717, 1.165) is 23.3 Å². The van der Waals surface area contributed by atoms with Gasteiger partial charge in [-0.3, -0.25) is 4.57 Å². The Balaban J connectivity index is 1.45.